The summed E-state index contributed by atoms with van der Waals surface area (Å²) in [6.45, 7) is 1.88. The lowest BCUT2D eigenvalue weighted by Crippen LogP contribution is -2.56. The molecule has 1 rings (SSSR count). The van der Waals surface area contributed by atoms with Gasteiger partial charge in [-0.25, -0.2) is 4.79 Å². The number of rotatable bonds is 1. The van der Waals surface area contributed by atoms with E-state index in [0.29, 0.717) is 0 Å². The molecule has 0 spiro atoms. The summed E-state index contributed by atoms with van der Waals surface area (Å²) in [5.41, 5.74) is 0. The monoisotopic (exact) mass is 254 g/mol. The lowest BCUT2D eigenvalue weighted by Gasteiger charge is -2.34. The minimum atomic E-state index is -4.69. The molecule has 0 aliphatic carbocycles. The van der Waals surface area contributed by atoms with E-state index in [1.165, 1.54) is 0 Å². The number of halogens is 3. The SMILES string of the molecule is CC(C)OC(=O)N1CCN(C(F)(F)F)C(=O)C1. The first-order valence-corrected chi connectivity index (χ1v) is 5.04. The molecule has 0 aromatic rings. The maximum atomic E-state index is 12.3. The van der Waals surface area contributed by atoms with E-state index < -0.39 is 31.4 Å². The van der Waals surface area contributed by atoms with Crippen molar-refractivity contribution in [2.75, 3.05) is 19.6 Å². The Balaban J connectivity index is 2.58. The summed E-state index contributed by atoms with van der Waals surface area (Å²) < 4.78 is 41.7. The van der Waals surface area contributed by atoms with E-state index in [2.05, 4.69) is 0 Å². The summed E-state index contributed by atoms with van der Waals surface area (Å²) in [6, 6.07) is 0. The van der Waals surface area contributed by atoms with Crippen molar-refractivity contribution in [2.24, 2.45) is 0 Å². The highest BCUT2D eigenvalue weighted by atomic mass is 19.4. The lowest BCUT2D eigenvalue weighted by atomic mass is 10.3. The van der Waals surface area contributed by atoms with Gasteiger partial charge in [0.25, 0.3) is 0 Å². The molecule has 17 heavy (non-hydrogen) atoms. The smallest absolute Gasteiger partial charge is 0.447 e. The number of piperazine rings is 1. The summed E-state index contributed by atoms with van der Waals surface area (Å²) in [5, 5.41) is 0. The molecule has 0 N–H and O–H groups in total. The first-order valence-electron chi connectivity index (χ1n) is 5.04. The van der Waals surface area contributed by atoms with Gasteiger partial charge >= 0.3 is 12.4 Å². The number of ether oxygens (including phenoxy) is 1. The Morgan fingerprint density at radius 2 is 1.94 bits per heavy atom. The lowest BCUT2D eigenvalue weighted by molar-refractivity contribution is -0.245. The summed E-state index contributed by atoms with van der Waals surface area (Å²) in [4.78, 5) is 23.3. The Morgan fingerprint density at radius 1 is 1.35 bits per heavy atom. The average molecular weight is 254 g/mol. The van der Waals surface area contributed by atoms with Crippen LogP contribution in [0.1, 0.15) is 13.8 Å². The molecular weight excluding hydrogens is 241 g/mol. The van der Waals surface area contributed by atoms with Gasteiger partial charge in [0.1, 0.15) is 6.54 Å². The van der Waals surface area contributed by atoms with Crippen molar-refractivity contribution in [3.63, 3.8) is 0 Å². The predicted molar refractivity (Wildman–Crippen MR) is 51.0 cm³/mol. The molecule has 2 amide bonds. The molecule has 1 saturated heterocycles. The van der Waals surface area contributed by atoms with Crippen LogP contribution in [0.15, 0.2) is 0 Å². The van der Waals surface area contributed by atoms with Gasteiger partial charge in [0.05, 0.1) is 6.10 Å². The van der Waals surface area contributed by atoms with Crippen LogP contribution in [0.3, 0.4) is 0 Å². The minimum Gasteiger partial charge on any atom is -0.447 e. The van der Waals surface area contributed by atoms with Crippen LogP contribution in [0.25, 0.3) is 0 Å². The molecule has 0 atom stereocenters. The van der Waals surface area contributed by atoms with Crippen LogP contribution in [0.2, 0.25) is 0 Å². The quantitative estimate of drug-likeness (QED) is 0.660. The number of hydrogen-bond acceptors (Lipinski definition) is 3. The molecule has 5 nitrogen and oxygen atoms in total. The standard InChI is InChI=1S/C9H13F3N2O3/c1-6(2)17-8(16)13-3-4-14(7(15)5-13)9(10,11)12/h6H,3-5H2,1-2H3. The van der Waals surface area contributed by atoms with Crippen LogP contribution in [-0.2, 0) is 9.53 Å². The Hall–Kier alpha value is -1.47. The molecule has 1 fully saturated rings. The van der Waals surface area contributed by atoms with E-state index in [1.807, 2.05) is 0 Å². The van der Waals surface area contributed by atoms with Crippen LogP contribution < -0.4 is 0 Å². The molecule has 1 aliphatic heterocycles. The summed E-state index contributed by atoms with van der Waals surface area (Å²) in [7, 11) is 0. The van der Waals surface area contributed by atoms with Gasteiger partial charge in [0.15, 0.2) is 0 Å². The normalized spacial score (nSPS) is 17.6. The van der Waals surface area contributed by atoms with Crippen molar-refractivity contribution in [2.45, 2.75) is 26.3 Å². The van der Waals surface area contributed by atoms with Crippen LogP contribution in [0, 0.1) is 0 Å². The fraction of sp³-hybridized carbons (Fsp3) is 0.778. The van der Waals surface area contributed by atoms with Gasteiger partial charge in [-0.2, -0.15) is 0 Å². The second-order valence-corrected chi connectivity index (χ2v) is 3.87. The van der Waals surface area contributed by atoms with Crippen molar-refractivity contribution >= 4 is 12.0 Å². The Kier molecular flexibility index (Phi) is 3.84. The van der Waals surface area contributed by atoms with Crippen molar-refractivity contribution in [1.82, 2.24) is 9.80 Å². The highest BCUT2D eigenvalue weighted by molar-refractivity contribution is 5.83. The first-order chi connectivity index (χ1) is 7.71. The molecular formula is C9H13F3N2O3. The first kappa shape index (κ1) is 13.6. The summed E-state index contributed by atoms with van der Waals surface area (Å²) in [5.74, 6) is -1.15. The Bertz CT molecular complexity index is 317. The van der Waals surface area contributed by atoms with Gasteiger partial charge < -0.3 is 4.74 Å². The molecule has 0 aromatic heterocycles. The number of hydrogen-bond donors (Lipinski definition) is 0. The van der Waals surface area contributed by atoms with Gasteiger partial charge in [0.2, 0.25) is 5.91 Å². The molecule has 0 radical (unpaired) electrons. The Labute approximate surface area is 96.1 Å². The maximum absolute atomic E-state index is 12.3. The third-order valence-corrected chi connectivity index (χ3v) is 2.12. The van der Waals surface area contributed by atoms with Crippen molar-refractivity contribution in [1.29, 1.82) is 0 Å². The number of carbonyl (C=O) groups excluding carboxylic acids is 2. The van der Waals surface area contributed by atoms with E-state index in [9.17, 15) is 22.8 Å². The fourth-order valence-corrected chi connectivity index (χ4v) is 1.37. The van der Waals surface area contributed by atoms with Gasteiger partial charge in [-0.3, -0.25) is 14.6 Å². The van der Waals surface area contributed by atoms with Gasteiger partial charge in [-0.1, -0.05) is 0 Å². The van der Waals surface area contributed by atoms with E-state index in [1.54, 1.807) is 13.8 Å². The summed E-state index contributed by atoms with van der Waals surface area (Å²) >= 11 is 0. The van der Waals surface area contributed by atoms with Crippen molar-refractivity contribution < 1.29 is 27.5 Å². The number of amides is 2. The number of nitrogens with zero attached hydrogens (tertiary/aromatic N) is 2. The largest absolute Gasteiger partial charge is 0.487 e. The fourth-order valence-electron chi connectivity index (χ4n) is 1.37. The molecule has 98 valence electrons. The van der Waals surface area contributed by atoms with Crippen molar-refractivity contribution in [3.05, 3.63) is 0 Å². The molecule has 0 saturated carbocycles. The highest BCUT2D eigenvalue weighted by Gasteiger charge is 2.44. The van der Waals surface area contributed by atoms with E-state index >= 15 is 0 Å². The number of alkyl halides is 3. The van der Waals surface area contributed by atoms with Crippen LogP contribution in [-0.4, -0.2) is 53.8 Å². The summed E-state index contributed by atoms with van der Waals surface area (Å²) in [6.07, 6.45) is -5.83. The average Bonchev–Trinajstić information content (AvgIpc) is 2.14. The van der Waals surface area contributed by atoms with Gasteiger partial charge in [-0.15, -0.1) is 13.2 Å². The van der Waals surface area contributed by atoms with Crippen LogP contribution in [0.4, 0.5) is 18.0 Å². The Morgan fingerprint density at radius 3 is 2.35 bits per heavy atom. The highest BCUT2D eigenvalue weighted by Crippen LogP contribution is 2.23. The van der Waals surface area contributed by atoms with E-state index in [-0.39, 0.29) is 17.5 Å². The maximum Gasteiger partial charge on any atom is 0.487 e. The van der Waals surface area contributed by atoms with E-state index in [4.69, 9.17) is 4.74 Å². The second kappa shape index (κ2) is 4.80. The molecule has 0 aromatic carbocycles. The zero-order valence-corrected chi connectivity index (χ0v) is 9.45. The molecule has 0 unspecified atom stereocenters. The third-order valence-electron chi connectivity index (χ3n) is 2.12. The molecule has 0 bridgehead atoms. The van der Waals surface area contributed by atoms with Crippen molar-refractivity contribution in [3.8, 4) is 0 Å². The van der Waals surface area contributed by atoms with E-state index in [0.717, 1.165) is 4.90 Å². The van der Waals surface area contributed by atoms with Crippen LogP contribution >= 0.6 is 0 Å². The van der Waals surface area contributed by atoms with Crippen LogP contribution in [0.5, 0.6) is 0 Å². The minimum absolute atomic E-state index is 0.184. The zero-order chi connectivity index (χ0) is 13.2. The van der Waals surface area contributed by atoms with Gasteiger partial charge in [-0.05, 0) is 13.8 Å². The zero-order valence-electron chi connectivity index (χ0n) is 9.45. The number of carbonyl (C=O) groups is 2. The molecule has 1 aliphatic rings. The topological polar surface area (TPSA) is 49.9 Å². The molecule has 8 heteroatoms. The van der Waals surface area contributed by atoms with Gasteiger partial charge in [0, 0.05) is 13.1 Å². The second-order valence-electron chi connectivity index (χ2n) is 3.87. The molecule has 1 heterocycles. The predicted octanol–water partition coefficient (Wildman–Crippen LogP) is 1.20. The third kappa shape index (κ3) is 3.50.